The van der Waals surface area contributed by atoms with Gasteiger partial charge in [-0.15, -0.1) is 0 Å². The first-order valence-corrected chi connectivity index (χ1v) is 11.7. The topological polar surface area (TPSA) is 75.7 Å². The van der Waals surface area contributed by atoms with E-state index >= 15 is 0 Å². The van der Waals surface area contributed by atoms with E-state index in [9.17, 15) is 14.4 Å². The molecular formula is C24H14BrCl3N2O4. The Morgan fingerprint density at radius 1 is 0.941 bits per heavy atom. The fraction of sp³-hybridized carbons (Fsp3) is 0.0417. The number of nitrogens with one attached hydrogen (secondary N) is 1. The third kappa shape index (κ3) is 5.13. The third-order valence-electron chi connectivity index (χ3n) is 4.86. The summed E-state index contributed by atoms with van der Waals surface area (Å²) in [7, 11) is 0. The summed E-state index contributed by atoms with van der Waals surface area (Å²) in [4.78, 5) is 39.0. The first kappa shape index (κ1) is 24.3. The highest BCUT2D eigenvalue weighted by atomic mass is 79.9. The number of benzene rings is 3. The Morgan fingerprint density at radius 3 is 2.44 bits per heavy atom. The van der Waals surface area contributed by atoms with Crippen LogP contribution in [-0.4, -0.2) is 17.8 Å². The van der Waals surface area contributed by atoms with Crippen LogP contribution in [0.25, 0.3) is 6.08 Å². The van der Waals surface area contributed by atoms with Crippen molar-refractivity contribution < 1.29 is 19.1 Å². The Labute approximate surface area is 218 Å². The van der Waals surface area contributed by atoms with E-state index in [0.29, 0.717) is 31.4 Å². The zero-order valence-corrected chi connectivity index (χ0v) is 21.0. The van der Waals surface area contributed by atoms with Crippen LogP contribution in [0.5, 0.6) is 5.75 Å². The van der Waals surface area contributed by atoms with E-state index in [-0.39, 0.29) is 22.9 Å². The minimum atomic E-state index is -0.886. The first-order chi connectivity index (χ1) is 16.2. The van der Waals surface area contributed by atoms with Gasteiger partial charge in [-0.25, -0.2) is 9.69 Å². The molecular weight excluding hydrogens is 567 g/mol. The predicted octanol–water partition coefficient (Wildman–Crippen LogP) is 6.65. The molecule has 34 heavy (non-hydrogen) atoms. The maximum absolute atomic E-state index is 13.2. The van der Waals surface area contributed by atoms with Gasteiger partial charge in [0.25, 0.3) is 11.8 Å². The molecule has 3 aromatic carbocycles. The average molecular weight is 581 g/mol. The summed E-state index contributed by atoms with van der Waals surface area (Å²) in [5.74, 6) is -1.25. The molecule has 1 saturated heterocycles. The van der Waals surface area contributed by atoms with Gasteiger partial charge in [0.2, 0.25) is 0 Å². The molecule has 1 aliphatic rings. The zero-order chi connectivity index (χ0) is 24.4. The molecule has 10 heteroatoms. The van der Waals surface area contributed by atoms with E-state index in [2.05, 4.69) is 21.2 Å². The molecule has 0 atom stereocenters. The van der Waals surface area contributed by atoms with Crippen LogP contribution >= 0.6 is 50.7 Å². The Bertz CT molecular complexity index is 1360. The van der Waals surface area contributed by atoms with E-state index in [4.69, 9.17) is 39.5 Å². The number of halogens is 4. The van der Waals surface area contributed by atoms with E-state index in [1.165, 1.54) is 12.1 Å². The lowest BCUT2D eigenvalue weighted by Crippen LogP contribution is -2.54. The highest BCUT2D eigenvalue weighted by Gasteiger charge is 2.37. The average Bonchev–Trinajstić information content (AvgIpc) is 2.78. The van der Waals surface area contributed by atoms with Crippen molar-refractivity contribution in [3.8, 4) is 5.75 Å². The molecule has 0 bridgehead atoms. The maximum atomic E-state index is 13.2. The van der Waals surface area contributed by atoms with Gasteiger partial charge in [0.15, 0.2) is 0 Å². The summed E-state index contributed by atoms with van der Waals surface area (Å²) in [6, 6.07) is 15.6. The highest BCUT2D eigenvalue weighted by Crippen LogP contribution is 2.31. The van der Waals surface area contributed by atoms with Gasteiger partial charge < -0.3 is 4.74 Å². The van der Waals surface area contributed by atoms with Gasteiger partial charge in [-0.05, 0) is 48.5 Å². The normalized spacial score (nSPS) is 15.0. The van der Waals surface area contributed by atoms with E-state index in [1.54, 1.807) is 54.6 Å². The molecule has 0 radical (unpaired) electrons. The maximum Gasteiger partial charge on any atom is 0.335 e. The number of hydrogen-bond donors (Lipinski definition) is 1. The van der Waals surface area contributed by atoms with Gasteiger partial charge in [0.1, 0.15) is 17.9 Å². The van der Waals surface area contributed by atoms with Gasteiger partial charge in [-0.3, -0.25) is 14.9 Å². The van der Waals surface area contributed by atoms with Crippen LogP contribution in [0.4, 0.5) is 10.5 Å². The lowest BCUT2D eigenvalue weighted by atomic mass is 10.1. The second kappa shape index (κ2) is 10.2. The monoisotopic (exact) mass is 578 g/mol. The standard InChI is InChI=1S/C24H14BrCl3N2O4/c25-15-6-8-21(34-12-13-5-7-16(26)11-19(13)28)14(9-15)10-17-22(31)29-24(33)30(23(17)32)20-4-2-1-3-18(20)27/h1-11H,12H2,(H,29,31,33)/b17-10+. The fourth-order valence-corrected chi connectivity index (χ4v) is 4.28. The largest absolute Gasteiger partial charge is 0.488 e. The number of rotatable bonds is 5. The summed E-state index contributed by atoms with van der Waals surface area (Å²) >= 11 is 21.7. The molecule has 0 unspecified atom stereocenters. The third-order valence-corrected chi connectivity index (χ3v) is 6.26. The van der Waals surface area contributed by atoms with Crippen molar-refractivity contribution in [2.75, 3.05) is 4.90 Å². The number of para-hydroxylation sites is 1. The van der Waals surface area contributed by atoms with E-state index < -0.39 is 17.8 Å². The molecule has 1 aliphatic heterocycles. The van der Waals surface area contributed by atoms with Crippen LogP contribution in [-0.2, 0) is 16.2 Å². The Hall–Kier alpha value is -2.84. The molecule has 0 aromatic heterocycles. The number of hydrogen-bond acceptors (Lipinski definition) is 4. The molecule has 0 saturated carbocycles. The number of nitrogens with zero attached hydrogens (tertiary/aromatic N) is 1. The zero-order valence-electron chi connectivity index (χ0n) is 17.2. The van der Waals surface area contributed by atoms with Crippen LogP contribution in [0, 0.1) is 0 Å². The minimum absolute atomic E-state index is 0.123. The molecule has 172 valence electrons. The van der Waals surface area contributed by atoms with Crippen LogP contribution in [0.3, 0.4) is 0 Å². The molecule has 4 amide bonds. The van der Waals surface area contributed by atoms with Crippen molar-refractivity contribution >= 4 is 80.3 Å². The van der Waals surface area contributed by atoms with Gasteiger partial charge in [0.05, 0.1) is 10.7 Å². The van der Waals surface area contributed by atoms with Crippen molar-refractivity contribution in [3.63, 3.8) is 0 Å². The highest BCUT2D eigenvalue weighted by molar-refractivity contribution is 9.10. The van der Waals surface area contributed by atoms with Gasteiger partial charge in [-0.1, -0.05) is 68.9 Å². The summed E-state index contributed by atoms with van der Waals surface area (Å²) in [5, 5.41) is 3.31. The summed E-state index contributed by atoms with van der Waals surface area (Å²) in [5.41, 5.74) is 1.04. The molecule has 3 aromatic rings. The Kier molecular flexibility index (Phi) is 7.28. The van der Waals surface area contributed by atoms with Crippen LogP contribution in [0.2, 0.25) is 15.1 Å². The summed E-state index contributed by atoms with van der Waals surface area (Å²) < 4.78 is 6.62. The minimum Gasteiger partial charge on any atom is -0.488 e. The fourth-order valence-electron chi connectivity index (χ4n) is 3.22. The van der Waals surface area contributed by atoms with Crippen LogP contribution in [0.1, 0.15) is 11.1 Å². The number of barbiturate groups is 1. The van der Waals surface area contributed by atoms with Gasteiger partial charge >= 0.3 is 6.03 Å². The molecule has 0 aliphatic carbocycles. The quantitative estimate of drug-likeness (QED) is 0.271. The van der Waals surface area contributed by atoms with Crippen molar-refractivity contribution in [1.82, 2.24) is 5.32 Å². The van der Waals surface area contributed by atoms with Crippen molar-refractivity contribution in [1.29, 1.82) is 0 Å². The molecule has 4 rings (SSSR count). The lowest BCUT2D eigenvalue weighted by Gasteiger charge is -2.27. The first-order valence-electron chi connectivity index (χ1n) is 9.77. The second-order valence-corrected chi connectivity index (χ2v) is 9.28. The van der Waals surface area contributed by atoms with Crippen molar-refractivity contribution in [2.45, 2.75) is 6.61 Å². The van der Waals surface area contributed by atoms with E-state index in [1.807, 2.05) is 0 Å². The van der Waals surface area contributed by atoms with Gasteiger partial charge in [0, 0.05) is 25.6 Å². The second-order valence-electron chi connectivity index (χ2n) is 7.12. The van der Waals surface area contributed by atoms with Crippen molar-refractivity contribution in [3.05, 3.63) is 96.9 Å². The van der Waals surface area contributed by atoms with Crippen LogP contribution in [0.15, 0.2) is 70.7 Å². The molecule has 1 fully saturated rings. The molecule has 6 nitrogen and oxygen atoms in total. The number of imide groups is 2. The number of amides is 4. The summed E-state index contributed by atoms with van der Waals surface area (Å²) in [6.07, 6.45) is 1.36. The smallest absolute Gasteiger partial charge is 0.335 e. The van der Waals surface area contributed by atoms with Crippen molar-refractivity contribution in [2.24, 2.45) is 0 Å². The molecule has 1 N–H and O–H groups in total. The SMILES string of the molecule is O=C1NC(=O)N(c2ccccc2Cl)C(=O)/C1=C/c1cc(Br)ccc1OCc1ccc(Cl)cc1Cl. The van der Waals surface area contributed by atoms with E-state index in [0.717, 1.165) is 4.90 Å². The van der Waals surface area contributed by atoms with Crippen LogP contribution < -0.4 is 15.0 Å². The number of anilines is 1. The number of ether oxygens (including phenoxy) is 1. The number of carbonyl (C=O) groups is 3. The predicted molar refractivity (Wildman–Crippen MR) is 135 cm³/mol. The van der Waals surface area contributed by atoms with Gasteiger partial charge in [-0.2, -0.15) is 0 Å². The molecule has 0 spiro atoms. The molecule has 1 heterocycles. The Balaban J connectivity index is 1.69. The summed E-state index contributed by atoms with van der Waals surface area (Å²) in [6.45, 7) is 0.123. The lowest BCUT2D eigenvalue weighted by molar-refractivity contribution is -0.122. The number of urea groups is 1. The number of carbonyl (C=O) groups excluding carboxylic acids is 3. The Morgan fingerprint density at radius 2 is 1.71 bits per heavy atom.